The number of aliphatic carboxylic acids is 1. The van der Waals surface area contributed by atoms with Gasteiger partial charge in [-0.3, -0.25) is 9.69 Å². The van der Waals surface area contributed by atoms with Crippen LogP contribution in [-0.4, -0.2) is 28.1 Å². The Bertz CT molecular complexity index is 513. The number of carboxylic acid groups (broad SMARTS) is 1. The van der Waals surface area contributed by atoms with E-state index in [1.807, 2.05) is 0 Å². The van der Waals surface area contributed by atoms with E-state index in [1.165, 1.54) is 11.0 Å². The summed E-state index contributed by atoms with van der Waals surface area (Å²) >= 11 is 0. The number of benzene rings is 1. The van der Waals surface area contributed by atoms with Gasteiger partial charge in [-0.05, 0) is 18.6 Å². The second-order valence-electron chi connectivity index (χ2n) is 4.49. The number of carboxylic acids is 1. The minimum Gasteiger partial charge on any atom is -0.506 e. The third-order valence-electron chi connectivity index (χ3n) is 3.47. The third kappa shape index (κ3) is 1.32. The van der Waals surface area contributed by atoms with Crippen LogP contribution < -0.4 is 4.90 Å². The topological polar surface area (TPSA) is 77.8 Å². The number of phenols is 1. The molecule has 88 valence electrons. The Balaban J connectivity index is 2.05. The second kappa shape index (κ2) is 3.23. The molecule has 1 aliphatic carbocycles. The number of piperidine rings is 1. The van der Waals surface area contributed by atoms with Gasteiger partial charge in [0.2, 0.25) is 5.91 Å². The molecule has 1 saturated heterocycles. The van der Waals surface area contributed by atoms with Gasteiger partial charge in [-0.25, -0.2) is 4.79 Å². The van der Waals surface area contributed by atoms with Crippen molar-refractivity contribution in [2.45, 2.75) is 12.5 Å². The maximum Gasteiger partial charge on any atom is 0.327 e. The van der Waals surface area contributed by atoms with Crippen molar-refractivity contribution in [3.05, 3.63) is 24.3 Å². The van der Waals surface area contributed by atoms with E-state index in [2.05, 4.69) is 0 Å². The first-order chi connectivity index (χ1) is 8.11. The zero-order valence-corrected chi connectivity index (χ0v) is 8.91. The lowest BCUT2D eigenvalue weighted by Gasteiger charge is -2.25. The van der Waals surface area contributed by atoms with Crippen LogP contribution in [0.5, 0.6) is 5.75 Å². The van der Waals surface area contributed by atoms with Crippen molar-refractivity contribution in [3.8, 4) is 5.75 Å². The summed E-state index contributed by atoms with van der Waals surface area (Å²) in [6.07, 6.45) is 0.653. The van der Waals surface area contributed by atoms with Gasteiger partial charge >= 0.3 is 5.97 Å². The van der Waals surface area contributed by atoms with Crippen molar-refractivity contribution in [2.75, 3.05) is 4.90 Å². The van der Waals surface area contributed by atoms with Crippen LogP contribution in [0.4, 0.5) is 5.69 Å². The van der Waals surface area contributed by atoms with E-state index in [1.54, 1.807) is 18.2 Å². The first kappa shape index (κ1) is 10.1. The predicted molar refractivity (Wildman–Crippen MR) is 58.6 cm³/mol. The molecule has 2 N–H and O–H groups in total. The van der Waals surface area contributed by atoms with Crippen LogP contribution in [0.2, 0.25) is 0 Å². The van der Waals surface area contributed by atoms with Gasteiger partial charge in [0, 0.05) is 11.8 Å². The molecule has 2 aliphatic rings. The second-order valence-corrected chi connectivity index (χ2v) is 4.49. The lowest BCUT2D eigenvalue weighted by atomic mass is 10.1. The van der Waals surface area contributed by atoms with Crippen molar-refractivity contribution in [1.29, 1.82) is 0 Å². The normalized spacial score (nSPS) is 30.2. The number of rotatable bonds is 2. The Morgan fingerprint density at radius 1 is 1.35 bits per heavy atom. The van der Waals surface area contributed by atoms with Crippen LogP contribution in [0.3, 0.4) is 0 Å². The lowest BCUT2D eigenvalue weighted by Crippen LogP contribution is -2.42. The monoisotopic (exact) mass is 233 g/mol. The minimum atomic E-state index is -1.01. The van der Waals surface area contributed by atoms with Crippen LogP contribution in [0.25, 0.3) is 0 Å². The van der Waals surface area contributed by atoms with Crippen LogP contribution in [0.15, 0.2) is 24.3 Å². The number of amides is 1. The van der Waals surface area contributed by atoms with Gasteiger partial charge in [-0.2, -0.15) is 0 Å². The quantitative estimate of drug-likeness (QED) is 0.793. The molecule has 1 aromatic carbocycles. The molecule has 5 heteroatoms. The number of carbonyl (C=O) groups excluding carboxylic acids is 1. The summed E-state index contributed by atoms with van der Waals surface area (Å²) in [6.45, 7) is 0. The van der Waals surface area contributed by atoms with E-state index in [0.29, 0.717) is 6.42 Å². The number of para-hydroxylation sites is 2. The summed E-state index contributed by atoms with van der Waals surface area (Å²) in [5, 5.41) is 18.9. The van der Waals surface area contributed by atoms with E-state index < -0.39 is 12.0 Å². The van der Waals surface area contributed by atoms with Crippen LogP contribution in [-0.2, 0) is 9.59 Å². The molecule has 1 amide bonds. The lowest BCUT2D eigenvalue weighted by molar-refractivity contribution is -0.139. The summed E-state index contributed by atoms with van der Waals surface area (Å²) in [5.41, 5.74) is 0.289. The van der Waals surface area contributed by atoms with Gasteiger partial charge in [-0.15, -0.1) is 0 Å². The fourth-order valence-corrected chi connectivity index (χ4v) is 2.58. The molecule has 0 bridgehead atoms. The van der Waals surface area contributed by atoms with Crippen molar-refractivity contribution in [1.82, 2.24) is 0 Å². The minimum absolute atomic E-state index is 0.0617. The SMILES string of the molecule is O=C(O)C1C2CC2C(=O)N1c1ccccc1O. The molecule has 5 nitrogen and oxygen atoms in total. The Kier molecular flexibility index (Phi) is 1.92. The summed E-state index contributed by atoms with van der Waals surface area (Å²) < 4.78 is 0. The summed E-state index contributed by atoms with van der Waals surface area (Å²) in [4.78, 5) is 24.4. The zero-order valence-electron chi connectivity index (χ0n) is 8.91. The Morgan fingerprint density at radius 3 is 2.71 bits per heavy atom. The highest BCUT2D eigenvalue weighted by Gasteiger charge is 2.62. The molecular weight excluding hydrogens is 222 g/mol. The van der Waals surface area contributed by atoms with Crippen LogP contribution in [0, 0.1) is 11.8 Å². The molecule has 1 saturated carbocycles. The van der Waals surface area contributed by atoms with Crippen molar-refractivity contribution < 1.29 is 19.8 Å². The Labute approximate surface area is 97.3 Å². The number of carbonyl (C=O) groups is 2. The van der Waals surface area contributed by atoms with Gasteiger partial charge in [0.15, 0.2) is 0 Å². The predicted octanol–water partition coefficient (Wildman–Crippen LogP) is 0.828. The molecule has 2 fully saturated rings. The largest absolute Gasteiger partial charge is 0.506 e. The molecule has 3 rings (SSSR count). The van der Waals surface area contributed by atoms with E-state index >= 15 is 0 Å². The third-order valence-corrected chi connectivity index (χ3v) is 3.47. The maximum absolute atomic E-state index is 12.0. The molecule has 1 aliphatic heterocycles. The maximum atomic E-state index is 12.0. The number of hydrogen-bond donors (Lipinski definition) is 2. The van der Waals surface area contributed by atoms with Crippen LogP contribution in [0.1, 0.15) is 6.42 Å². The number of aromatic hydroxyl groups is 1. The van der Waals surface area contributed by atoms with Gasteiger partial charge in [0.1, 0.15) is 11.8 Å². The summed E-state index contributed by atoms with van der Waals surface area (Å²) in [5.74, 6) is -1.53. The Hall–Kier alpha value is -2.04. The molecule has 0 spiro atoms. The number of nitrogens with zero attached hydrogens (tertiary/aromatic N) is 1. The first-order valence-electron chi connectivity index (χ1n) is 5.45. The highest BCUT2D eigenvalue weighted by atomic mass is 16.4. The molecule has 0 aromatic heterocycles. The van der Waals surface area contributed by atoms with Gasteiger partial charge in [0.05, 0.1) is 5.69 Å². The average molecular weight is 233 g/mol. The highest BCUT2D eigenvalue weighted by Crippen LogP contribution is 2.52. The number of anilines is 1. The smallest absolute Gasteiger partial charge is 0.327 e. The van der Waals surface area contributed by atoms with Gasteiger partial charge < -0.3 is 10.2 Å². The molecule has 3 atom stereocenters. The molecule has 1 aromatic rings. The standard InChI is InChI=1S/C12H11NO4/c14-9-4-2-1-3-8(9)13-10(12(16)17)6-5-7(6)11(13)15/h1-4,6-7,10,14H,5H2,(H,16,17). The van der Waals surface area contributed by atoms with E-state index in [-0.39, 0.29) is 29.2 Å². The number of phenolic OH excluding ortho intramolecular Hbond substituents is 1. The van der Waals surface area contributed by atoms with Crippen molar-refractivity contribution in [2.24, 2.45) is 11.8 Å². The first-order valence-corrected chi connectivity index (χ1v) is 5.45. The molecule has 17 heavy (non-hydrogen) atoms. The molecular formula is C12H11NO4. The Morgan fingerprint density at radius 2 is 2.06 bits per heavy atom. The molecule has 0 radical (unpaired) electrons. The van der Waals surface area contributed by atoms with Crippen molar-refractivity contribution in [3.63, 3.8) is 0 Å². The van der Waals surface area contributed by atoms with Crippen LogP contribution >= 0.6 is 0 Å². The van der Waals surface area contributed by atoms with E-state index in [9.17, 15) is 19.8 Å². The van der Waals surface area contributed by atoms with E-state index in [0.717, 1.165) is 0 Å². The fraction of sp³-hybridized carbons (Fsp3) is 0.333. The fourth-order valence-electron chi connectivity index (χ4n) is 2.58. The number of fused-ring (bicyclic) bond motifs is 1. The zero-order chi connectivity index (χ0) is 12.2. The summed E-state index contributed by atoms with van der Waals surface area (Å²) in [6, 6.07) is 5.49. The summed E-state index contributed by atoms with van der Waals surface area (Å²) in [7, 11) is 0. The van der Waals surface area contributed by atoms with Gasteiger partial charge in [-0.1, -0.05) is 12.1 Å². The van der Waals surface area contributed by atoms with Gasteiger partial charge in [0.25, 0.3) is 0 Å². The highest BCUT2D eigenvalue weighted by molar-refractivity contribution is 6.07. The number of hydrogen-bond acceptors (Lipinski definition) is 3. The average Bonchev–Trinajstić information content (AvgIpc) is 3.00. The molecule has 1 heterocycles. The van der Waals surface area contributed by atoms with E-state index in [4.69, 9.17) is 0 Å². The molecule has 3 unspecified atom stereocenters. The van der Waals surface area contributed by atoms with Crippen molar-refractivity contribution >= 4 is 17.6 Å².